The minimum atomic E-state index is -1.90. The number of carbonyl (C=O) groups excluding carboxylic acids is 1. The number of nitrogens with zero attached hydrogens (tertiary/aromatic N) is 6. The van der Waals surface area contributed by atoms with Crippen molar-refractivity contribution in [2.75, 3.05) is 62.8 Å². The van der Waals surface area contributed by atoms with Gasteiger partial charge in [0.1, 0.15) is 28.8 Å². The van der Waals surface area contributed by atoms with Crippen LogP contribution in [0.1, 0.15) is 27.2 Å². The van der Waals surface area contributed by atoms with E-state index in [-0.39, 0.29) is 16.5 Å². The molecule has 2 aromatic heterocycles. The van der Waals surface area contributed by atoms with Gasteiger partial charge in [-0.2, -0.15) is 0 Å². The second kappa shape index (κ2) is 15.1. The Kier molecular flexibility index (Phi) is 11.7. The van der Waals surface area contributed by atoms with E-state index in [1.807, 2.05) is 0 Å². The van der Waals surface area contributed by atoms with Crippen molar-refractivity contribution in [3.8, 4) is 11.3 Å². The molecule has 1 aliphatic rings. The van der Waals surface area contributed by atoms with Gasteiger partial charge in [-0.05, 0) is 49.4 Å². The monoisotopic (exact) mass is 660 g/mol. The number of nitrogens with one attached hydrogen (secondary N) is 2. The summed E-state index contributed by atoms with van der Waals surface area (Å²) < 4.78 is 21.0. The minimum absolute atomic E-state index is 0.109. The fourth-order valence-electron chi connectivity index (χ4n) is 4.22. The molecule has 10 nitrogen and oxygen atoms in total. The molecule has 4 rings (SSSR count). The molecule has 0 aliphatic carbocycles. The third-order valence-electron chi connectivity index (χ3n) is 8.00. The highest BCUT2D eigenvalue weighted by Gasteiger charge is 2.36. The normalized spacial score (nSPS) is 14.9. The van der Waals surface area contributed by atoms with Gasteiger partial charge < -0.3 is 24.9 Å². The van der Waals surface area contributed by atoms with Gasteiger partial charge >= 0.3 is 0 Å². The first-order valence-electron chi connectivity index (χ1n) is 14.7. The summed E-state index contributed by atoms with van der Waals surface area (Å²) in [7, 11) is 0.210. The summed E-state index contributed by atoms with van der Waals surface area (Å²) in [6.45, 7) is 16.2. The van der Waals surface area contributed by atoms with E-state index in [9.17, 15) is 9.18 Å². The second-order valence-corrected chi connectivity index (χ2v) is 18.7. The molecule has 1 amide bonds. The Labute approximate surface area is 269 Å². The number of piperazine rings is 1. The van der Waals surface area contributed by atoms with Crippen LogP contribution in [-0.2, 0) is 9.22 Å². The molecule has 0 unspecified atom stereocenters. The zero-order chi connectivity index (χ0) is 31.9. The molecule has 1 aliphatic heterocycles. The Hall–Kier alpha value is -2.68. The van der Waals surface area contributed by atoms with Crippen molar-refractivity contribution in [2.24, 2.45) is 0 Å². The maximum atomic E-state index is 14.7. The Bertz CT molecular complexity index is 1440. The molecule has 44 heavy (non-hydrogen) atoms. The topological polar surface area (TPSA) is 108 Å². The molecule has 1 saturated heterocycles. The van der Waals surface area contributed by atoms with Crippen molar-refractivity contribution >= 4 is 54.9 Å². The largest absolute Gasteiger partial charge is 0.416 e. The summed E-state index contributed by atoms with van der Waals surface area (Å²) in [6, 6.07) is 7.68. The average molecular weight is 661 g/mol. The van der Waals surface area contributed by atoms with E-state index in [0.717, 1.165) is 26.2 Å². The predicted octanol–water partition coefficient (Wildman–Crippen LogP) is 6.16. The van der Waals surface area contributed by atoms with Gasteiger partial charge in [0.05, 0.1) is 11.4 Å². The molecule has 0 saturated carbocycles. The lowest BCUT2D eigenvalue weighted by atomic mass is 10.1. The number of anilines is 3. The van der Waals surface area contributed by atoms with Gasteiger partial charge in [-0.1, -0.05) is 32.4 Å². The summed E-state index contributed by atoms with van der Waals surface area (Å²) in [5, 5.41) is 16.0. The number of thioether (sulfide) groups is 1. The number of likely N-dealkylation sites (N-methyl/N-ethyl adjacent to an activating group) is 1. The third kappa shape index (κ3) is 9.66. The molecule has 14 heteroatoms. The van der Waals surface area contributed by atoms with E-state index in [1.54, 1.807) is 12.1 Å². The Morgan fingerprint density at radius 1 is 1.09 bits per heavy atom. The lowest BCUT2D eigenvalue weighted by Gasteiger charge is -2.36. The number of amides is 1. The zero-order valence-corrected chi connectivity index (χ0v) is 28.9. The number of halogens is 2. The van der Waals surface area contributed by atoms with Gasteiger partial charge in [0, 0.05) is 68.2 Å². The predicted molar refractivity (Wildman–Crippen MR) is 179 cm³/mol. The lowest BCUT2D eigenvalue weighted by Crippen LogP contribution is -2.45. The van der Waals surface area contributed by atoms with E-state index in [4.69, 9.17) is 16.0 Å². The highest BCUT2D eigenvalue weighted by Crippen LogP contribution is 2.37. The highest BCUT2D eigenvalue weighted by atomic mass is 35.5. The Morgan fingerprint density at radius 3 is 2.55 bits per heavy atom. The molecule has 1 aromatic carbocycles. The molecule has 3 heterocycles. The van der Waals surface area contributed by atoms with Crippen LogP contribution in [0.3, 0.4) is 0 Å². The molecule has 1 fully saturated rings. The van der Waals surface area contributed by atoms with Crippen molar-refractivity contribution in [2.45, 2.75) is 50.4 Å². The van der Waals surface area contributed by atoms with Crippen LogP contribution in [0.4, 0.5) is 21.7 Å². The van der Waals surface area contributed by atoms with Gasteiger partial charge in [0.25, 0.3) is 0 Å². The number of hydrogen-bond acceptors (Lipinski definition) is 10. The number of hydrogen-bond donors (Lipinski definition) is 2. The van der Waals surface area contributed by atoms with Crippen LogP contribution in [-0.4, -0.2) is 96.3 Å². The van der Waals surface area contributed by atoms with E-state index in [1.165, 1.54) is 36.3 Å². The second-order valence-electron chi connectivity index (χ2n) is 12.4. The van der Waals surface area contributed by atoms with Crippen LogP contribution in [0.2, 0.25) is 23.2 Å². The van der Waals surface area contributed by atoms with Crippen LogP contribution in [0.15, 0.2) is 41.7 Å². The Morgan fingerprint density at radius 2 is 1.82 bits per heavy atom. The summed E-state index contributed by atoms with van der Waals surface area (Å²) in [4.78, 5) is 25.8. The van der Waals surface area contributed by atoms with Crippen LogP contribution < -0.4 is 10.6 Å². The summed E-state index contributed by atoms with van der Waals surface area (Å²) >= 11 is 7.64. The molecule has 0 bridgehead atoms. The summed E-state index contributed by atoms with van der Waals surface area (Å²) in [6.07, 6.45) is 1.75. The van der Waals surface area contributed by atoms with Crippen LogP contribution in [0.25, 0.3) is 11.3 Å². The van der Waals surface area contributed by atoms with Crippen molar-refractivity contribution in [3.05, 3.63) is 47.5 Å². The fraction of sp³-hybridized carbons (Fsp3) is 0.500. The van der Waals surface area contributed by atoms with Crippen LogP contribution in [0.5, 0.6) is 0 Å². The smallest absolute Gasteiger partial charge is 0.226 e. The quantitative estimate of drug-likeness (QED) is 0.133. The van der Waals surface area contributed by atoms with Gasteiger partial charge in [-0.15, -0.1) is 22.0 Å². The summed E-state index contributed by atoms with van der Waals surface area (Å²) in [5.74, 6) is 0.904. The van der Waals surface area contributed by atoms with Crippen molar-refractivity contribution < 1.29 is 13.6 Å². The maximum Gasteiger partial charge on any atom is 0.226 e. The Balaban J connectivity index is 1.48. The molecule has 3 aromatic rings. The standard InChI is InChI=1S/C30H42ClFN8O2SSi/c1-30(2,3)44(5,6)42-15-16-43-29-25(18-24(37-38-29)22-17-21(31)7-8-23(22)32)35-26-19-27(34-20-33-26)36-28(41)9-10-40-13-11-39(4)12-14-40/h7-8,17-20H,9-16H2,1-6H3,(H2,33,34,35,36,37,41). The number of aromatic nitrogens is 4. The molecule has 0 atom stereocenters. The molecular formula is C30H42ClFN8O2SSi. The van der Waals surface area contributed by atoms with Gasteiger partial charge in [-0.25, -0.2) is 14.4 Å². The van der Waals surface area contributed by atoms with Gasteiger partial charge in [0.2, 0.25) is 5.91 Å². The first-order chi connectivity index (χ1) is 20.8. The van der Waals surface area contributed by atoms with E-state index in [2.05, 4.69) is 81.5 Å². The number of carbonyl (C=O) groups is 1. The van der Waals surface area contributed by atoms with Crippen molar-refractivity contribution in [3.63, 3.8) is 0 Å². The molecular weight excluding hydrogens is 619 g/mol. The van der Waals surface area contributed by atoms with Crippen molar-refractivity contribution in [1.82, 2.24) is 30.0 Å². The maximum absolute atomic E-state index is 14.7. The molecule has 0 spiro atoms. The van der Waals surface area contributed by atoms with Crippen LogP contribution >= 0.6 is 23.4 Å². The number of rotatable bonds is 12. The van der Waals surface area contributed by atoms with E-state index < -0.39 is 14.1 Å². The van der Waals surface area contributed by atoms with Gasteiger partial charge in [-0.3, -0.25) is 4.79 Å². The molecule has 0 radical (unpaired) electrons. The fourth-order valence-corrected chi connectivity index (χ4v) is 6.31. The molecule has 2 N–H and O–H groups in total. The third-order valence-corrected chi connectivity index (χ3v) is 13.7. The first-order valence-corrected chi connectivity index (χ1v) is 19.0. The molecule has 238 valence electrons. The first kappa shape index (κ1) is 34.2. The summed E-state index contributed by atoms with van der Waals surface area (Å²) in [5.41, 5.74) is 1.14. The SMILES string of the molecule is CN1CCN(CCC(=O)Nc2cc(Nc3cc(-c4cc(Cl)ccc4F)nnc3SCCO[Si](C)(C)C(C)(C)C)ncn2)CC1. The zero-order valence-electron chi connectivity index (χ0n) is 26.3. The average Bonchev–Trinajstić information content (AvgIpc) is 2.96. The number of benzene rings is 1. The minimum Gasteiger partial charge on any atom is -0.416 e. The highest BCUT2D eigenvalue weighted by molar-refractivity contribution is 7.99. The van der Waals surface area contributed by atoms with E-state index in [0.29, 0.717) is 58.4 Å². The van der Waals surface area contributed by atoms with Gasteiger partial charge in [0.15, 0.2) is 8.32 Å². The van der Waals surface area contributed by atoms with Crippen molar-refractivity contribution in [1.29, 1.82) is 0 Å². The van der Waals surface area contributed by atoms with E-state index >= 15 is 0 Å². The van der Waals surface area contributed by atoms with Crippen LogP contribution in [0, 0.1) is 5.82 Å². The lowest BCUT2D eigenvalue weighted by molar-refractivity contribution is -0.116.